The molecule has 8 heteroatoms. The fourth-order valence-corrected chi connectivity index (χ4v) is 5.85. The van der Waals surface area contributed by atoms with Gasteiger partial charge in [-0.3, -0.25) is 13.9 Å². The minimum atomic E-state index is -4.08. The molecule has 39 heavy (non-hydrogen) atoms. The summed E-state index contributed by atoms with van der Waals surface area (Å²) >= 11 is 0. The second kappa shape index (κ2) is 13.4. The molecule has 3 aromatic carbocycles. The Morgan fingerprint density at radius 1 is 0.846 bits per heavy atom. The first-order chi connectivity index (χ1) is 18.6. The summed E-state index contributed by atoms with van der Waals surface area (Å²) in [6, 6.07) is 20.6. The lowest BCUT2D eigenvalue weighted by Crippen LogP contribution is -2.52. The fourth-order valence-electron chi connectivity index (χ4n) is 4.44. The minimum Gasteiger partial charge on any atom is -0.354 e. The molecule has 0 saturated heterocycles. The Bertz CT molecular complexity index is 1390. The fraction of sp³-hybridized carbons (Fsp3) is 0.355. The first kappa shape index (κ1) is 29.9. The summed E-state index contributed by atoms with van der Waals surface area (Å²) in [6.45, 7) is 9.79. The van der Waals surface area contributed by atoms with Crippen LogP contribution >= 0.6 is 0 Å². The Morgan fingerprint density at radius 3 is 2.08 bits per heavy atom. The number of benzene rings is 3. The molecule has 1 atom stereocenters. The highest BCUT2D eigenvalue weighted by Crippen LogP contribution is 2.26. The summed E-state index contributed by atoms with van der Waals surface area (Å²) in [6.07, 6.45) is 1.16. The highest BCUT2D eigenvalue weighted by Gasteiger charge is 2.33. The van der Waals surface area contributed by atoms with Crippen LogP contribution in [0.15, 0.2) is 77.7 Å². The Hall–Kier alpha value is -3.65. The first-order valence-corrected chi connectivity index (χ1v) is 14.8. The number of aryl methyl sites for hydroxylation is 3. The van der Waals surface area contributed by atoms with Gasteiger partial charge in [0.25, 0.3) is 10.0 Å². The van der Waals surface area contributed by atoms with Crippen LogP contribution < -0.4 is 9.62 Å². The van der Waals surface area contributed by atoms with Gasteiger partial charge in [-0.25, -0.2) is 8.42 Å². The van der Waals surface area contributed by atoms with Gasteiger partial charge in [0.15, 0.2) is 0 Å². The van der Waals surface area contributed by atoms with E-state index in [0.717, 1.165) is 33.0 Å². The monoisotopic (exact) mass is 549 g/mol. The first-order valence-electron chi connectivity index (χ1n) is 13.4. The van der Waals surface area contributed by atoms with Gasteiger partial charge in [-0.15, -0.1) is 0 Å². The van der Waals surface area contributed by atoms with E-state index in [1.807, 2.05) is 65.0 Å². The number of anilines is 1. The smallest absolute Gasteiger partial charge is 0.264 e. The van der Waals surface area contributed by atoms with Crippen molar-refractivity contribution in [3.05, 3.63) is 95.1 Å². The number of hydrogen-bond donors (Lipinski definition) is 1. The van der Waals surface area contributed by atoms with Gasteiger partial charge in [0.05, 0.1) is 10.6 Å². The van der Waals surface area contributed by atoms with Crippen LogP contribution in [0, 0.1) is 20.8 Å². The maximum atomic E-state index is 14.1. The van der Waals surface area contributed by atoms with Crippen molar-refractivity contribution in [3.63, 3.8) is 0 Å². The van der Waals surface area contributed by atoms with Gasteiger partial charge in [-0.1, -0.05) is 73.5 Å². The molecule has 2 amide bonds. The van der Waals surface area contributed by atoms with E-state index in [9.17, 15) is 18.0 Å². The van der Waals surface area contributed by atoms with Crippen molar-refractivity contribution in [2.75, 3.05) is 17.4 Å². The maximum absolute atomic E-state index is 14.1. The van der Waals surface area contributed by atoms with Crippen LogP contribution in [0.1, 0.15) is 48.9 Å². The van der Waals surface area contributed by atoms with Gasteiger partial charge in [0, 0.05) is 13.1 Å². The molecule has 0 aliphatic rings. The minimum absolute atomic E-state index is 0.0976. The summed E-state index contributed by atoms with van der Waals surface area (Å²) in [5, 5.41) is 2.91. The lowest BCUT2D eigenvalue weighted by atomic mass is 10.1. The van der Waals surface area contributed by atoms with E-state index >= 15 is 0 Å². The van der Waals surface area contributed by atoms with E-state index in [4.69, 9.17) is 0 Å². The molecule has 0 radical (unpaired) electrons. The average Bonchev–Trinajstić information content (AvgIpc) is 2.90. The number of nitrogens with zero attached hydrogens (tertiary/aromatic N) is 2. The number of carbonyl (C=O) groups excluding carboxylic acids is 2. The quantitative estimate of drug-likeness (QED) is 0.339. The van der Waals surface area contributed by atoms with Crippen LogP contribution in [0.4, 0.5) is 5.69 Å². The molecule has 0 aromatic heterocycles. The molecule has 3 aromatic rings. The number of carbonyl (C=O) groups is 2. The largest absolute Gasteiger partial charge is 0.354 e. The van der Waals surface area contributed by atoms with Crippen LogP contribution in [-0.4, -0.2) is 44.3 Å². The number of rotatable bonds is 12. The zero-order chi connectivity index (χ0) is 28.6. The summed E-state index contributed by atoms with van der Waals surface area (Å²) in [7, 11) is -4.08. The van der Waals surface area contributed by atoms with Crippen LogP contribution in [-0.2, 0) is 26.2 Å². The van der Waals surface area contributed by atoms with E-state index in [0.29, 0.717) is 18.7 Å². The Balaban J connectivity index is 2.05. The third kappa shape index (κ3) is 7.69. The van der Waals surface area contributed by atoms with Crippen molar-refractivity contribution in [3.8, 4) is 0 Å². The van der Waals surface area contributed by atoms with E-state index in [1.165, 1.54) is 4.90 Å². The van der Waals surface area contributed by atoms with Gasteiger partial charge in [-0.2, -0.15) is 0 Å². The lowest BCUT2D eigenvalue weighted by Gasteiger charge is -2.33. The third-order valence-electron chi connectivity index (χ3n) is 6.55. The second-order valence-electron chi connectivity index (χ2n) is 9.89. The SMILES string of the molecule is CCCNC(=O)[C@@H](CC)N(Cc1cccc(C)c1)C(=O)CN(c1cccc(C)c1)S(=O)(=O)c1ccc(C)cc1. The molecule has 0 bridgehead atoms. The van der Waals surface area contributed by atoms with E-state index in [2.05, 4.69) is 5.32 Å². The zero-order valence-electron chi connectivity index (χ0n) is 23.5. The molecule has 0 unspecified atom stereocenters. The van der Waals surface area contributed by atoms with Crippen LogP contribution in [0.3, 0.4) is 0 Å². The average molecular weight is 550 g/mol. The third-order valence-corrected chi connectivity index (χ3v) is 8.34. The predicted octanol–water partition coefficient (Wildman–Crippen LogP) is 5.14. The normalized spacial score (nSPS) is 12.0. The summed E-state index contributed by atoms with van der Waals surface area (Å²) in [5.74, 6) is -0.698. The molecule has 0 spiro atoms. The van der Waals surface area contributed by atoms with Crippen LogP contribution in [0.2, 0.25) is 0 Å². The van der Waals surface area contributed by atoms with Crippen LogP contribution in [0.25, 0.3) is 0 Å². The maximum Gasteiger partial charge on any atom is 0.264 e. The molecular formula is C31H39N3O4S. The van der Waals surface area contributed by atoms with E-state index in [-0.39, 0.29) is 17.3 Å². The lowest BCUT2D eigenvalue weighted by molar-refractivity contribution is -0.140. The van der Waals surface area contributed by atoms with Gasteiger partial charge >= 0.3 is 0 Å². The summed E-state index contributed by atoms with van der Waals surface area (Å²) in [4.78, 5) is 28.8. The molecule has 0 fully saturated rings. The molecule has 0 heterocycles. The molecule has 1 N–H and O–H groups in total. The summed E-state index contributed by atoms with van der Waals surface area (Å²) < 4.78 is 29.0. The van der Waals surface area contributed by atoms with E-state index < -0.39 is 28.5 Å². The van der Waals surface area contributed by atoms with Crippen molar-refractivity contribution < 1.29 is 18.0 Å². The molecule has 7 nitrogen and oxygen atoms in total. The summed E-state index contributed by atoms with van der Waals surface area (Å²) in [5.41, 5.74) is 4.09. The van der Waals surface area contributed by atoms with Crippen molar-refractivity contribution >= 4 is 27.5 Å². The van der Waals surface area contributed by atoms with E-state index in [1.54, 1.807) is 42.5 Å². The Labute approximate surface area is 232 Å². The zero-order valence-corrected chi connectivity index (χ0v) is 24.3. The Kier molecular flexibility index (Phi) is 10.3. The molecule has 0 aliphatic heterocycles. The number of hydrogen-bond acceptors (Lipinski definition) is 4. The standard InChI is InChI=1S/C31H39N3O4S/c1-6-18-32-31(36)29(7-2)33(21-26-12-8-10-24(4)19-26)30(35)22-34(27-13-9-11-25(5)20-27)39(37,38)28-16-14-23(3)15-17-28/h8-17,19-20,29H,6-7,18,21-22H2,1-5H3,(H,32,36)/t29-/m1/s1. The van der Waals surface area contributed by atoms with Crippen molar-refractivity contribution in [1.29, 1.82) is 0 Å². The molecule has 208 valence electrons. The van der Waals surface area contributed by atoms with Crippen molar-refractivity contribution in [2.24, 2.45) is 0 Å². The number of nitrogens with one attached hydrogen (secondary N) is 1. The highest BCUT2D eigenvalue weighted by molar-refractivity contribution is 7.92. The number of amides is 2. The van der Waals surface area contributed by atoms with Crippen molar-refractivity contribution in [1.82, 2.24) is 10.2 Å². The molecular weight excluding hydrogens is 510 g/mol. The van der Waals surface area contributed by atoms with Crippen molar-refractivity contribution in [2.45, 2.75) is 64.9 Å². The molecule has 0 saturated carbocycles. The molecule has 3 rings (SSSR count). The molecule has 0 aliphatic carbocycles. The van der Waals surface area contributed by atoms with Gasteiger partial charge in [0.1, 0.15) is 12.6 Å². The van der Waals surface area contributed by atoms with Gasteiger partial charge in [0.2, 0.25) is 11.8 Å². The topological polar surface area (TPSA) is 86.8 Å². The highest BCUT2D eigenvalue weighted by atomic mass is 32.2. The second-order valence-corrected chi connectivity index (χ2v) is 11.8. The van der Waals surface area contributed by atoms with Gasteiger partial charge < -0.3 is 10.2 Å². The number of sulfonamides is 1. The Morgan fingerprint density at radius 2 is 1.49 bits per heavy atom. The van der Waals surface area contributed by atoms with Gasteiger partial charge in [-0.05, 0) is 69.0 Å². The van der Waals surface area contributed by atoms with Crippen LogP contribution in [0.5, 0.6) is 0 Å². The predicted molar refractivity (Wildman–Crippen MR) is 156 cm³/mol.